The molecule has 28 heavy (non-hydrogen) atoms. The largest absolute Gasteiger partial charge is 2.00 e. The molecule has 2 aromatic heterocycles. The number of para-hydroxylation sites is 1. The third-order valence-electron chi connectivity index (χ3n) is 3.53. The summed E-state index contributed by atoms with van der Waals surface area (Å²) in [6.07, 6.45) is 2.48. The zero-order valence-corrected chi connectivity index (χ0v) is 18.2. The molecule has 0 N–H and O–H groups in total. The number of benzene rings is 2. The van der Waals surface area contributed by atoms with Gasteiger partial charge in [0, 0.05) is 40.5 Å². The number of aldehydes is 1. The molecule has 0 bridgehead atoms. The van der Waals surface area contributed by atoms with Gasteiger partial charge < -0.3 is 24.8 Å². The monoisotopic (exact) mass is 495 g/mol. The molecule has 0 radical (unpaired) electrons. The maximum absolute atomic E-state index is 10.7. The van der Waals surface area contributed by atoms with Crippen molar-refractivity contribution in [1.82, 2.24) is 9.97 Å². The van der Waals surface area contributed by atoms with Gasteiger partial charge in [-0.25, -0.2) is 4.98 Å². The van der Waals surface area contributed by atoms with Gasteiger partial charge in [-0.2, -0.15) is 3.94 Å². The van der Waals surface area contributed by atoms with Crippen molar-refractivity contribution in [2.45, 2.75) is 0 Å². The SMILES string of the molecule is ClN(Cl)c1ccccc1.O=Cc1ccc2ccc3cccnc3c2n1.[Cl-].[Cl-].[Fe+2]. The summed E-state index contributed by atoms with van der Waals surface area (Å²) in [6.45, 7) is 0. The maximum atomic E-state index is 10.7. The molecule has 0 spiro atoms. The van der Waals surface area contributed by atoms with E-state index in [0.29, 0.717) is 5.69 Å². The molecule has 2 heterocycles. The summed E-state index contributed by atoms with van der Waals surface area (Å²) in [4.78, 5) is 19.3. The Bertz CT molecular complexity index is 1020. The normalized spacial score (nSPS) is 9.07. The number of hydrogen-bond donors (Lipinski definition) is 0. The Balaban J connectivity index is 0.000000533. The standard InChI is InChI=1S/C13H8N2O.C6H5Cl2N.2ClH.Fe/c16-8-11-6-5-10-4-3-9-2-1-7-14-12(9)13(10)15-11;7-9(8)6-4-2-1-3-5-6;;;/h1-8H;1-5H;2*1H;/q;;;;+2/p-2. The molecule has 0 fully saturated rings. The van der Waals surface area contributed by atoms with Crippen molar-refractivity contribution in [2.24, 2.45) is 0 Å². The molecule has 0 saturated heterocycles. The molecule has 0 unspecified atom stereocenters. The van der Waals surface area contributed by atoms with Crippen LogP contribution in [0.15, 0.2) is 72.9 Å². The van der Waals surface area contributed by atoms with E-state index in [4.69, 9.17) is 23.6 Å². The van der Waals surface area contributed by atoms with Crippen molar-refractivity contribution < 1.29 is 46.7 Å². The van der Waals surface area contributed by atoms with E-state index in [1.54, 1.807) is 12.3 Å². The molecule has 0 aliphatic heterocycles. The summed E-state index contributed by atoms with van der Waals surface area (Å²) in [5, 5.41) is 2.03. The van der Waals surface area contributed by atoms with Crippen molar-refractivity contribution in [3.8, 4) is 0 Å². The zero-order valence-electron chi connectivity index (χ0n) is 14.1. The van der Waals surface area contributed by atoms with E-state index in [9.17, 15) is 4.79 Å². The van der Waals surface area contributed by atoms with Gasteiger partial charge in [0.05, 0.1) is 16.7 Å². The molecule has 0 atom stereocenters. The van der Waals surface area contributed by atoms with Crippen LogP contribution in [0.2, 0.25) is 0 Å². The van der Waals surface area contributed by atoms with Gasteiger partial charge in [-0.15, -0.1) is 0 Å². The summed E-state index contributed by atoms with van der Waals surface area (Å²) in [6, 6.07) is 20.7. The Morgan fingerprint density at radius 2 is 1.39 bits per heavy atom. The molecule has 146 valence electrons. The molecule has 0 aliphatic rings. The fourth-order valence-electron chi connectivity index (χ4n) is 2.35. The first kappa shape index (κ1) is 26.4. The van der Waals surface area contributed by atoms with Gasteiger partial charge in [-0.1, -0.05) is 42.5 Å². The Hall–Kier alpha value is -1.59. The van der Waals surface area contributed by atoms with Gasteiger partial charge in [-0.3, -0.25) is 9.78 Å². The van der Waals surface area contributed by atoms with Crippen LogP contribution in [0.5, 0.6) is 0 Å². The van der Waals surface area contributed by atoms with E-state index >= 15 is 0 Å². The molecule has 4 aromatic rings. The minimum Gasteiger partial charge on any atom is -1.00 e. The predicted molar refractivity (Wildman–Crippen MR) is 103 cm³/mol. The fraction of sp³-hybridized carbons (Fsp3) is 0. The average Bonchev–Trinajstić information content (AvgIpc) is 2.68. The Morgan fingerprint density at radius 3 is 1.96 bits per heavy atom. The first-order valence-electron chi connectivity index (χ1n) is 7.45. The van der Waals surface area contributed by atoms with Crippen LogP contribution in [0.4, 0.5) is 5.69 Å². The maximum Gasteiger partial charge on any atom is 2.00 e. The first-order valence-corrected chi connectivity index (χ1v) is 8.13. The summed E-state index contributed by atoms with van der Waals surface area (Å²) in [5.74, 6) is 0. The number of carbonyl (C=O) groups excluding carboxylic acids is 1. The molecule has 4 rings (SSSR count). The van der Waals surface area contributed by atoms with Crippen molar-refractivity contribution in [3.63, 3.8) is 0 Å². The molecule has 9 heteroatoms. The summed E-state index contributed by atoms with van der Waals surface area (Å²) in [5.41, 5.74) is 2.83. The van der Waals surface area contributed by atoms with Crippen LogP contribution in [-0.4, -0.2) is 16.3 Å². The Labute approximate surface area is 195 Å². The smallest absolute Gasteiger partial charge is 1.00 e. The molecule has 4 nitrogen and oxygen atoms in total. The van der Waals surface area contributed by atoms with Crippen molar-refractivity contribution >= 4 is 57.3 Å². The van der Waals surface area contributed by atoms with Gasteiger partial charge in [0.1, 0.15) is 5.69 Å². The number of hydrogen-bond acceptors (Lipinski definition) is 4. The van der Waals surface area contributed by atoms with E-state index in [-0.39, 0.29) is 41.9 Å². The molecular formula is C19H13Cl4FeN3O. The van der Waals surface area contributed by atoms with Crippen LogP contribution >= 0.6 is 23.6 Å². The van der Waals surface area contributed by atoms with Crippen LogP contribution in [0.1, 0.15) is 10.5 Å². The van der Waals surface area contributed by atoms with Crippen LogP contribution in [0, 0.1) is 0 Å². The fourth-order valence-corrected chi connectivity index (χ4v) is 2.57. The van der Waals surface area contributed by atoms with Crippen molar-refractivity contribution in [3.05, 3.63) is 78.6 Å². The Morgan fingerprint density at radius 1 is 0.786 bits per heavy atom. The topological polar surface area (TPSA) is 46.1 Å². The van der Waals surface area contributed by atoms with Gasteiger partial charge in [0.2, 0.25) is 0 Å². The van der Waals surface area contributed by atoms with E-state index < -0.39 is 0 Å². The third kappa shape index (κ3) is 6.49. The van der Waals surface area contributed by atoms with Gasteiger partial charge in [-0.05, 0) is 24.3 Å². The minimum absolute atomic E-state index is 0. The molecule has 2 aromatic carbocycles. The first-order chi connectivity index (χ1) is 12.2. The van der Waals surface area contributed by atoms with Crippen molar-refractivity contribution in [1.29, 1.82) is 0 Å². The number of halogens is 4. The molecule has 0 aliphatic carbocycles. The van der Waals surface area contributed by atoms with Crippen molar-refractivity contribution in [2.75, 3.05) is 3.94 Å². The molecule has 0 amide bonds. The zero-order chi connectivity index (χ0) is 17.6. The second-order valence-corrected chi connectivity index (χ2v) is 5.98. The number of nitrogens with zero attached hydrogens (tertiary/aromatic N) is 3. The number of pyridine rings is 2. The number of rotatable bonds is 2. The average molecular weight is 497 g/mol. The summed E-state index contributed by atoms with van der Waals surface area (Å²) in [7, 11) is 0. The van der Waals surface area contributed by atoms with Crippen LogP contribution in [0.3, 0.4) is 0 Å². The third-order valence-corrected chi connectivity index (χ3v) is 3.92. The minimum atomic E-state index is 0. The van der Waals surface area contributed by atoms with Gasteiger partial charge in [0.15, 0.2) is 6.29 Å². The molecular weight excluding hydrogens is 484 g/mol. The van der Waals surface area contributed by atoms with Crippen LogP contribution < -0.4 is 28.8 Å². The van der Waals surface area contributed by atoms with E-state index in [1.165, 1.54) is 0 Å². The van der Waals surface area contributed by atoms with Gasteiger partial charge >= 0.3 is 17.1 Å². The van der Waals surface area contributed by atoms with Crippen LogP contribution in [0.25, 0.3) is 21.8 Å². The number of aromatic nitrogens is 2. The summed E-state index contributed by atoms with van der Waals surface area (Å²) >= 11 is 10.8. The molecule has 0 saturated carbocycles. The van der Waals surface area contributed by atoms with E-state index in [0.717, 1.165) is 37.7 Å². The number of carbonyl (C=O) groups is 1. The van der Waals surface area contributed by atoms with Gasteiger partial charge in [0.25, 0.3) is 0 Å². The van der Waals surface area contributed by atoms with E-state index in [1.807, 2.05) is 60.7 Å². The number of anilines is 1. The second-order valence-electron chi connectivity index (χ2n) is 5.13. The predicted octanol–water partition coefficient (Wildman–Crippen LogP) is -0.598. The van der Waals surface area contributed by atoms with Crippen LogP contribution in [-0.2, 0) is 17.1 Å². The number of fused-ring (bicyclic) bond motifs is 3. The Kier molecular flexibility index (Phi) is 12.1. The van der Waals surface area contributed by atoms with E-state index in [2.05, 4.69) is 9.97 Å². The quantitative estimate of drug-likeness (QED) is 0.161. The summed E-state index contributed by atoms with van der Waals surface area (Å²) < 4.78 is 1.03. The second kappa shape index (κ2) is 12.8.